The molecule has 2 rings (SSSR count). The minimum atomic E-state index is -0.826. The Morgan fingerprint density at radius 3 is 1.75 bits per heavy atom. The molecule has 2 aromatic rings. The number of nitrogens with zero attached hydrogens (tertiary/aromatic N) is 3. The van der Waals surface area contributed by atoms with Gasteiger partial charge in [-0.1, -0.05) is 19.6 Å². The Hall–Kier alpha value is -2.48. The third kappa shape index (κ3) is 12.0. The molecule has 0 unspecified atom stereocenters. The topological polar surface area (TPSA) is 181 Å². The molecule has 0 saturated carbocycles. The number of anilines is 1. The van der Waals surface area contributed by atoms with Gasteiger partial charge in [0, 0.05) is 6.07 Å². The standard InChI is InChI=1S/C7H4N2O3.C7H6N2O.CH4.2ClH.2H2O.Sn/c1-8-5-2-3-7(10)6(4-5)9(11)12;1-9-5-2-3-7(10)6(8)4-5;;;;;;/h2-4,10H;2-4,10H,8H2;1H4;2*1H;2*1H2;/q;;;;;;;+2/p-2. The van der Waals surface area contributed by atoms with Crippen LogP contribution in [0.1, 0.15) is 7.43 Å². The SMILES string of the molecule is C.O.O.[C-]#[N+]c1ccc(O)c(N)c1.[C-]#[N+]c1ccc(O)c([N+](=O)[O-])c1.[Cl][Sn][Cl]. The Labute approximate surface area is 179 Å². The molecule has 0 saturated heterocycles. The van der Waals surface area contributed by atoms with Gasteiger partial charge < -0.3 is 26.9 Å². The Morgan fingerprint density at radius 2 is 1.39 bits per heavy atom. The van der Waals surface area contributed by atoms with Gasteiger partial charge in [-0.05, 0) is 18.2 Å². The van der Waals surface area contributed by atoms with Crippen LogP contribution in [0.15, 0.2) is 36.4 Å². The molecule has 0 aliphatic heterocycles. The summed E-state index contributed by atoms with van der Waals surface area (Å²) in [7, 11) is 9.87. The quantitative estimate of drug-likeness (QED) is 0.125. The maximum atomic E-state index is 10.2. The fourth-order valence-electron chi connectivity index (χ4n) is 1.34. The first-order chi connectivity index (χ1) is 11.8. The molecule has 2 radical (unpaired) electrons. The third-order valence-corrected chi connectivity index (χ3v) is 2.43. The van der Waals surface area contributed by atoms with Crippen molar-refractivity contribution in [3.63, 3.8) is 0 Å². The zero-order valence-electron chi connectivity index (χ0n) is 13.3. The van der Waals surface area contributed by atoms with Crippen LogP contribution in [0.4, 0.5) is 22.7 Å². The van der Waals surface area contributed by atoms with E-state index in [1.807, 2.05) is 0 Å². The van der Waals surface area contributed by atoms with Gasteiger partial charge in [-0.3, -0.25) is 10.1 Å². The van der Waals surface area contributed by atoms with Crippen LogP contribution in [0.3, 0.4) is 0 Å². The van der Waals surface area contributed by atoms with Gasteiger partial charge in [0.15, 0.2) is 17.1 Å². The number of phenolic OH excluding ortho intramolecular Hbond substituents is 2. The summed E-state index contributed by atoms with van der Waals surface area (Å²) in [6, 6.07) is 7.83. The van der Waals surface area contributed by atoms with Crippen molar-refractivity contribution < 1.29 is 26.1 Å². The van der Waals surface area contributed by atoms with E-state index in [2.05, 4.69) is 9.69 Å². The van der Waals surface area contributed by atoms with Crippen molar-refractivity contribution in [3.05, 3.63) is 69.3 Å². The molecular weight excluding hydrogens is 522 g/mol. The van der Waals surface area contributed by atoms with Gasteiger partial charge in [0.05, 0.1) is 23.8 Å². The van der Waals surface area contributed by atoms with Crippen LogP contribution in [0, 0.1) is 23.3 Å². The summed E-state index contributed by atoms with van der Waals surface area (Å²) < 4.78 is 0. The number of hydrogen-bond acceptors (Lipinski definition) is 5. The van der Waals surface area contributed by atoms with Crippen LogP contribution in [0.5, 0.6) is 11.5 Å². The van der Waals surface area contributed by atoms with Crippen molar-refractivity contribution in [1.82, 2.24) is 0 Å². The van der Waals surface area contributed by atoms with Crippen molar-refractivity contribution in [1.29, 1.82) is 0 Å². The molecule has 28 heavy (non-hydrogen) atoms. The van der Waals surface area contributed by atoms with Gasteiger partial charge >= 0.3 is 42.4 Å². The monoisotopic (exact) mass is 540 g/mol. The van der Waals surface area contributed by atoms with E-state index in [1.54, 1.807) is 0 Å². The fourth-order valence-corrected chi connectivity index (χ4v) is 1.34. The predicted octanol–water partition coefficient (Wildman–Crippen LogP) is 3.36. The minimum absolute atomic E-state index is 0. The van der Waals surface area contributed by atoms with Crippen LogP contribution in [0.2, 0.25) is 0 Å². The van der Waals surface area contributed by atoms with Gasteiger partial charge in [0.1, 0.15) is 5.75 Å². The summed E-state index contributed by atoms with van der Waals surface area (Å²) in [5.74, 6) is -0.403. The summed E-state index contributed by atoms with van der Waals surface area (Å²) in [5.41, 5.74) is 5.68. The molecule has 0 spiro atoms. The van der Waals surface area contributed by atoms with Crippen LogP contribution in [0.25, 0.3) is 9.69 Å². The Balaban J connectivity index is -0.000000166. The number of benzene rings is 2. The number of phenols is 2. The number of nitro benzene ring substituents is 1. The van der Waals surface area contributed by atoms with Crippen molar-refractivity contribution in [2.45, 2.75) is 7.43 Å². The van der Waals surface area contributed by atoms with Gasteiger partial charge in [-0.25, -0.2) is 9.69 Å². The van der Waals surface area contributed by atoms with E-state index >= 15 is 0 Å². The average Bonchev–Trinajstić information content (AvgIpc) is 2.59. The second-order valence-corrected chi connectivity index (χ2v) is 8.21. The zero-order valence-corrected chi connectivity index (χ0v) is 17.7. The van der Waals surface area contributed by atoms with E-state index in [0.717, 1.165) is 12.1 Å². The summed E-state index contributed by atoms with van der Waals surface area (Å²) in [5, 5.41) is 28.1. The number of nitro groups is 1. The molecular formula is C15H18Cl2N4O6Sn. The molecule has 2 aromatic carbocycles. The molecule has 0 fully saturated rings. The second-order valence-electron chi connectivity index (χ2n) is 3.97. The van der Waals surface area contributed by atoms with E-state index in [-0.39, 0.29) is 35.5 Å². The number of nitrogen functional groups attached to an aromatic ring is 1. The zero-order chi connectivity index (χ0) is 19.4. The summed E-state index contributed by atoms with van der Waals surface area (Å²) in [6.45, 7) is 13.2. The van der Waals surface area contributed by atoms with Crippen LogP contribution >= 0.6 is 17.8 Å². The van der Waals surface area contributed by atoms with E-state index in [0.29, 0.717) is 5.69 Å². The average molecular weight is 540 g/mol. The van der Waals surface area contributed by atoms with Gasteiger partial charge in [0.25, 0.3) is 0 Å². The first kappa shape index (κ1) is 33.1. The number of halogens is 2. The van der Waals surface area contributed by atoms with Crippen LogP contribution in [-0.4, -0.2) is 45.0 Å². The Bertz CT molecular complexity index is 827. The van der Waals surface area contributed by atoms with E-state index in [9.17, 15) is 10.1 Å². The Morgan fingerprint density at radius 1 is 1.00 bits per heavy atom. The van der Waals surface area contributed by atoms with Gasteiger partial charge in [-0.15, -0.1) is 0 Å². The molecule has 0 aliphatic carbocycles. The second kappa shape index (κ2) is 17.9. The molecule has 0 amide bonds. The summed E-state index contributed by atoms with van der Waals surface area (Å²) in [4.78, 5) is 15.6. The van der Waals surface area contributed by atoms with Crippen LogP contribution < -0.4 is 5.73 Å². The third-order valence-electron chi connectivity index (χ3n) is 2.43. The van der Waals surface area contributed by atoms with Crippen molar-refractivity contribution in [2.24, 2.45) is 0 Å². The molecule has 152 valence electrons. The van der Waals surface area contributed by atoms with Crippen molar-refractivity contribution in [3.8, 4) is 11.5 Å². The number of hydrogen-bond donors (Lipinski definition) is 3. The first-order valence-electron chi connectivity index (χ1n) is 6.07. The molecule has 13 heteroatoms. The normalized spacial score (nSPS) is 7.57. The molecule has 0 aromatic heterocycles. The molecule has 0 atom stereocenters. The molecule has 10 nitrogen and oxygen atoms in total. The first-order valence-corrected chi connectivity index (χ1v) is 13.3. The molecule has 0 aliphatic rings. The van der Waals surface area contributed by atoms with Crippen LogP contribution in [-0.2, 0) is 0 Å². The molecule has 0 bridgehead atoms. The van der Waals surface area contributed by atoms with Crippen molar-refractivity contribution >= 4 is 59.5 Å². The summed E-state index contributed by atoms with van der Waals surface area (Å²) in [6.07, 6.45) is 0. The molecule has 0 heterocycles. The fraction of sp³-hybridized carbons (Fsp3) is 0.0667. The summed E-state index contributed by atoms with van der Waals surface area (Å²) >= 11 is -0.826. The van der Waals surface area contributed by atoms with E-state index in [1.165, 1.54) is 24.3 Å². The van der Waals surface area contributed by atoms with E-state index in [4.69, 9.17) is 46.9 Å². The van der Waals surface area contributed by atoms with Gasteiger partial charge in [0.2, 0.25) is 0 Å². The number of aromatic hydroxyl groups is 2. The number of rotatable bonds is 1. The van der Waals surface area contributed by atoms with E-state index < -0.39 is 35.2 Å². The molecule has 8 N–H and O–H groups in total. The van der Waals surface area contributed by atoms with Crippen molar-refractivity contribution in [2.75, 3.05) is 5.73 Å². The van der Waals surface area contributed by atoms with Gasteiger partial charge in [-0.2, -0.15) is 0 Å². The maximum absolute atomic E-state index is 10.2. The Kier molecular flexibility index (Phi) is 21.2. The predicted molar refractivity (Wildman–Crippen MR) is 111 cm³/mol. The number of nitrogens with two attached hydrogens (primary N) is 1.